The van der Waals surface area contributed by atoms with E-state index in [9.17, 15) is 4.79 Å². The van der Waals surface area contributed by atoms with Crippen LogP contribution < -0.4 is 10.1 Å². The molecule has 0 fully saturated rings. The van der Waals surface area contributed by atoms with Gasteiger partial charge in [0.15, 0.2) is 0 Å². The number of nitrogens with zero attached hydrogens (tertiary/aromatic N) is 2. The Morgan fingerprint density at radius 1 is 1.03 bits per heavy atom. The highest BCUT2D eigenvalue weighted by Gasteiger charge is 2.24. The fourth-order valence-corrected chi connectivity index (χ4v) is 4.70. The number of fused-ring (bicyclic) bond motifs is 2. The Kier molecular flexibility index (Phi) is 6.38. The van der Waals surface area contributed by atoms with Gasteiger partial charge < -0.3 is 15.0 Å². The molecule has 178 valence electrons. The van der Waals surface area contributed by atoms with Crippen LogP contribution in [0.1, 0.15) is 40.3 Å². The zero-order valence-electron chi connectivity index (χ0n) is 20.3. The molecule has 0 aliphatic carbocycles. The minimum Gasteiger partial charge on any atom is -0.497 e. The molecular formula is C29H30N4O2. The number of H-pyrrole nitrogens is 1. The Morgan fingerprint density at radius 2 is 1.86 bits per heavy atom. The van der Waals surface area contributed by atoms with E-state index in [-0.39, 0.29) is 11.8 Å². The number of anilines is 1. The molecule has 1 atom stereocenters. The van der Waals surface area contributed by atoms with Crippen LogP contribution in [-0.2, 0) is 17.8 Å². The molecule has 0 saturated carbocycles. The second-order valence-electron chi connectivity index (χ2n) is 9.40. The zero-order chi connectivity index (χ0) is 24.4. The summed E-state index contributed by atoms with van der Waals surface area (Å²) in [5, 5.41) is 11.8. The molecule has 0 unspecified atom stereocenters. The summed E-state index contributed by atoms with van der Waals surface area (Å²) < 4.78 is 5.39. The molecule has 0 radical (unpaired) electrons. The summed E-state index contributed by atoms with van der Waals surface area (Å²) in [6.07, 6.45) is 5.33. The van der Waals surface area contributed by atoms with Crippen LogP contribution in [0, 0.1) is 0 Å². The van der Waals surface area contributed by atoms with Crippen LogP contribution >= 0.6 is 0 Å². The summed E-state index contributed by atoms with van der Waals surface area (Å²) in [7, 11) is 5.80. The summed E-state index contributed by atoms with van der Waals surface area (Å²) in [6, 6.07) is 20.7. The number of nitrogens with one attached hydrogen (secondary N) is 2. The van der Waals surface area contributed by atoms with Crippen LogP contribution in [0.5, 0.6) is 5.75 Å². The molecule has 6 nitrogen and oxygen atoms in total. The van der Waals surface area contributed by atoms with Crippen molar-refractivity contribution in [3.8, 4) is 5.75 Å². The third-order valence-electron chi connectivity index (χ3n) is 6.48. The first-order valence-electron chi connectivity index (χ1n) is 11.8. The Labute approximate surface area is 205 Å². The van der Waals surface area contributed by atoms with E-state index < -0.39 is 0 Å². The lowest BCUT2D eigenvalue weighted by Crippen LogP contribution is -2.12. The lowest BCUT2D eigenvalue weighted by atomic mass is 9.89. The predicted molar refractivity (Wildman–Crippen MR) is 142 cm³/mol. The van der Waals surface area contributed by atoms with Crippen molar-refractivity contribution in [1.82, 2.24) is 15.1 Å². The van der Waals surface area contributed by atoms with Gasteiger partial charge in [-0.3, -0.25) is 9.89 Å². The largest absolute Gasteiger partial charge is 0.497 e. The molecule has 2 N–H and O–H groups in total. The van der Waals surface area contributed by atoms with Crippen LogP contribution in [-0.4, -0.2) is 42.2 Å². The van der Waals surface area contributed by atoms with Crippen molar-refractivity contribution in [1.29, 1.82) is 0 Å². The van der Waals surface area contributed by atoms with Crippen molar-refractivity contribution in [2.75, 3.05) is 26.5 Å². The van der Waals surface area contributed by atoms with Crippen molar-refractivity contribution in [3.63, 3.8) is 0 Å². The van der Waals surface area contributed by atoms with Gasteiger partial charge >= 0.3 is 0 Å². The van der Waals surface area contributed by atoms with Gasteiger partial charge in [0.05, 0.1) is 18.3 Å². The number of benzene rings is 3. The summed E-state index contributed by atoms with van der Waals surface area (Å²) in [5.41, 5.74) is 7.38. The number of aromatic amines is 1. The van der Waals surface area contributed by atoms with Crippen LogP contribution in [0.25, 0.3) is 23.1 Å². The van der Waals surface area contributed by atoms with Crippen LogP contribution in [0.3, 0.4) is 0 Å². The number of amides is 1. The molecule has 5 rings (SSSR count). The summed E-state index contributed by atoms with van der Waals surface area (Å²) in [6.45, 7) is 0.929. The number of rotatable bonds is 6. The molecule has 35 heavy (non-hydrogen) atoms. The van der Waals surface area contributed by atoms with E-state index in [0.29, 0.717) is 6.42 Å². The first-order chi connectivity index (χ1) is 17.0. The third-order valence-corrected chi connectivity index (χ3v) is 6.48. The Hall–Kier alpha value is -3.90. The molecule has 6 heteroatoms. The second-order valence-corrected chi connectivity index (χ2v) is 9.40. The second kappa shape index (κ2) is 9.76. The average Bonchev–Trinajstić information content (AvgIpc) is 3.17. The maximum absolute atomic E-state index is 12.6. The fraction of sp³-hybridized carbons (Fsp3) is 0.241. The van der Waals surface area contributed by atoms with Gasteiger partial charge in [0.1, 0.15) is 5.75 Å². The molecule has 1 aromatic heterocycles. The zero-order valence-corrected chi connectivity index (χ0v) is 20.3. The lowest BCUT2D eigenvalue weighted by molar-refractivity contribution is -0.116. The summed E-state index contributed by atoms with van der Waals surface area (Å²) >= 11 is 0. The van der Waals surface area contributed by atoms with E-state index in [1.807, 2.05) is 24.3 Å². The Morgan fingerprint density at radius 3 is 2.63 bits per heavy atom. The van der Waals surface area contributed by atoms with Gasteiger partial charge in [0.25, 0.3) is 0 Å². The molecule has 1 aliphatic rings. The molecular weight excluding hydrogens is 436 g/mol. The number of aromatic nitrogens is 2. The Bertz CT molecular complexity index is 1390. The standard InChI is InChI=1S/C29H30N4O2/c1-33(2)18-20-6-4-19(5-7-20)8-12-27-25-11-9-21(16-28(25)32-31-27)22-14-23-15-24(35-3)10-13-26(23)30-29(34)17-22/h4-13,15-16,22H,14,17-18H2,1-3H3,(H,30,34)(H,31,32)/b12-8+/t22-/m1/s1. The van der Waals surface area contributed by atoms with E-state index >= 15 is 0 Å². The fourth-order valence-electron chi connectivity index (χ4n) is 4.70. The first kappa shape index (κ1) is 22.9. The summed E-state index contributed by atoms with van der Waals surface area (Å²) in [4.78, 5) is 14.7. The minimum atomic E-state index is 0.0313. The number of carbonyl (C=O) groups is 1. The van der Waals surface area contributed by atoms with E-state index in [1.54, 1.807) is 7.11 Å². The topological polar surface area (TPSA) is 70.2 Å². The number of methoxy groups -OCH3 is 1. The number of ether oxygens (including phenoxy) is 1. The quantitative estimate of drug-likeness (QED) is 0.395. The maximum atomic E-state index is 12.6. The molecule has 4 aromatic rings. The van der Waals surface area contributed by atoms with Crippen LogP contribution in [0.4, 0.5) is 5.69 Å². The molecule has 3 aromatic carbocycles. The van der Waals surface area contributed by atoms with E-state index in [0.717, 1.165) is 57.7 Å². The van der Waals surface area contributed by atoms with Crippen molar-refractivity contribution < 1.29 is 9.53 Å². The number of carbonyl (C=O) groups excluding carboxylic acids is 1. The lowest BCUT2D eigenvalue weighted by Gasteiger charge is -2.14. The molecule has 1 amide bonds. The van der Waals surface area contributed by atoms with Crippen molar-refractivity contribution in [3.05, 3.63) is 88.6 Å². The van der Waals surface area contributed by atoms with E-state index in [4.69, 9.17) is 4.74 Å². The van der Waals surface area contributed by atoms with Crippen molar-refractivity contribution >= 4 is 34.6 Å². The van der Waals surface area contributed by atoms with Crippen molar-refractivity contribution in [2.45, 2.75) is 25.3 Å². The highest BCUT2D eigenvalue weighted by molar-refractivity contribution is 5.94. The number of hydrogen-bond acceptors (Lipinski definition) is 4. The molecule has 0 saturated heterocycles. The molecule has 0 bridgehead atoms. The monoisotopic (exact) mass is 466 g/mol. The maximum Gasteiger partial charge on any atom is 0.225 e. The molecule has 1 aliphatic heterocycles. The minimum absolute atomic E-state index is 0.0313. The van der Waals surface area contributed by atoms with Gasteiger partial charge in [-0.15, -0.1) is 0 Å². The van der Waals surface area contributed by atoms with Crippen molar-refractivity contribution in [2.24, 2.45) is 0 Å². The third kappa shape index (κ3) is 5.12. The first-order valence-corrected chi connectivity index (χ1v) is 11.8. The van der Waals surface area contributed by atoms with Gasteiger partial charge in [-0.05, 0) is 79.0 Å². The smallest absolute Gasteiger partial charge is 0.225 e. The van der Waals surface area contributed by atoms with E-state index in [2.05, 4.69) is 83.0 Å². The Balaban J connectivity index is 1.37. The van der Waals surface area contributed by atoms with Crippen LogP contribution in [0.15, 0.2) is 60.7 Å². The predicted octanol–water partition coefficient (Wildman–Crippen LogP) is 5.47. The van der Waals surface area contributed by atoms with E-state index in [1.165, 1.54) is 5.56 Å². The number of hydrogen-bond donors (Lipinski definition) is 2. The average molecular weight is 467 g/mol. The van der Waals surface area contributed by atoms with Gasteiger partial charge in [-0.1, -0.05) is 42.5 Å². The molecule has 0 spiro atoms. The molecule has 2 heterocycles. The van der Waals surface area contributed by atoms with Gasteiger partial charge in [-0.25, -0.2) is 0 Å². The highest BCUT2D eigenvalue weighted by atomic mass is 16.5. The van der Waals surface area contributed by atoms with Gasteiger partial charge in [0, 0.05) is 24.0 Å². The highest BCUT2D eigenvalue weighted by Crippen LogP contribution is 2.34. The van der Waals surface area contributed by atoms with Gasteiger partial charge in [-0.2, -0.15) is 5.10 Å². The summed E-state index contributed by atoms with van der Waals surface area (Å²) in [5.74, 6) is 0.908. The van der Waals surface area contributed by atoms with Crippen LogP contribution in [0.2, 0.25) is 0 Å². The normalized spacial score (nSPS) is 15.9. The van der Waals surface area contributed by atoms with Gasteiger partial charge in [0.2, 0.25) is 5.91 Å². The SMILES string of the molecule is COc1ccc2c(c1)C[C@@H](c1ccc3c(/C=C/c4ccc(CN(C)C)cc4)n[nH]c3c1)CC(=O)N2.